The average molecular weight is 238 g/mol. The number of benzene rings is 1. The molecule has 0 bridgehead atoms. The molecule has 18 heavy (non-hydrogen) atoms. The topological polar surface area (TPSA) is 52.9 Å². The van der Waals surface area contributed by atoms with E-state index in [4.69, 9.17) is 5.26 Å². The second-order valence-electron chi connectivity index (χ2n) is 4.21. The Kier molecular flexibility index (Phi) is 3.93. The van der Waals surface area contributed by atoms with Gasteiger partial charge >= 0.3 is 0 Å². The molecule has 0 unspecified atom stereocenters. The first-order chi connectivity index (χ1) is 8.79. The monoisotopic (exact) mass is 238 g/mol. The van der Waals surface area contributed by atoms with Crippen molar-refractivity contribution in [1.82, 2.24) is 5.32 Å². The van der Waals surface area contributed by atoms with Crippen LogP contribution in [-0.4, -0.2) is 11.9 Å². The average Bonchev–Trinajstić information content (AvgIpc) is 3.19. The van der Waals surface area contributed by atoms with Crippen molar-refractivity contribution in [2.75, 3.05) is 0 Å². The summed E-state index contributed by atoms with van der Waals surface area (Å²) in [5.41, 5.74) is 1.18. The Morgan fingerprint density at radius 3 is 2.67 bits per heavy atom. The van der Waals surface area contributed by atoms with E-state index in [1.54, 1.807) is 12.2 Å². The highest BCUT2D eigenvalue weighted by Crippen LogP contribution is 2.19. The van der Waals surface area contributed by atoms with E-state index in [-0.39, 0.29) is 17.5 Å². The number of nitriles is 1. The largest absolute Gasteiger partial charge is 0.349 e. The number of allylic oxidation sites excluding steroid dienone is 2. The zero-order valence-corrected chi connectivity index (χ0v) is 9.97. The van der Waals surface area contributed by atoms with Crippen molar-refractivity contribution >= 4 is 12.0 Å². The summed E-state index contributed by atoms with van der Waals surface area (Å²) in [6.45, 7) is 0. The molecule has 0 atom stereocenters. The fourth-order valence-corrected chi connectivity index (χ4v) is 1.47. The summed E-state index contributed by atoms with van der Waals surface area (Å²) < 4.78 is 0. The van der Waals surface area contributed by atoms with Crippen LogP contribution < -0.4 is 5.32 Å². The van der Waals surface area contributed by atoms with Gasteiger partial charge in [-0.2, -0.15) is 5.26 Å². The van der Waals surface area contributed by atoms with Crippen molar-refractivity contribution in [2.45, 2.75) is 18.9 Å². The quantitative estimate of drug-likeness (QED) is 0.497. The fraction of sp³-hybridized carbons (Fsp3) is 0.200. The van der Waals surface area contributed by atoms with Crippen molar-refractivity contribution in [3.63, 3.8) is 0 Å². The number of nitrogens with zero attached hydrogens (tertiary/aromatic N) is 1. The summed E-state index contributed by atoms with van der Waals surface area (Å²) in [6, 6.07) is 11.9. The molecule has 90 valence electrons. The van der Waals surface area contributed by atoms with E-state index in [2.05, 4.69) is 5.32 Å². The standard InChI is InChI=1S/C15H14N2O/c16-11-13(15(18)17-14-9-10-14)8-4-7-12-5-2-1-3-6-12/h1-8,14H,9-10H2,(H,17,18)/b7-4-,13-8-. The van der Waals surface area contributed by atoms with Crippen molar-refractivity contribution < 1.29 is 4.79 Å². The number of rotatable bonds is 4. The number of carbonyl (C=O) groups excluding carboxylic acids is 1. The molecule has 0 aromatic heterocycles. The van der Waals surface area contributed by atoms with E-state index < -0.39 is 0 Å². The maximum absolute atomic E-state index is 11.6. The van der Waals surface area contributed by atoms with Crippen LogP contribution in [0.3, 0.4) is 0 Å². The summed E-state index contributed by atoms with van der Waals surface area (Å²) in [5.74, 6) is -0.280. The van der Waals surface area contributed by atoms with Crippen molar-refractivity contribution in [1.29, 1.82) is 5.26 Å². The summed E-state index contributed by atoms with van der Waals surface area (Å²) in [6.07, 6.45) is 7.17. The molecular formula is C15H14N2O. The molecule has 1 aliphatic rings. The van der Waals surface area contributed by atoms with E-state index in [0.29, 0.717) is 0 Å². The third-order valence-corrected chi connectivity index (χ3v) is 2.63. The molecule has 0 saturated heterocycles. The Morgan fingerprint density at radius 1 is 1.33 bits per heavy atom. The van der Waals surface area contributed by atoms with Crippen LogP contribution in [0.1, 0.15) is 18.4 Å². The number of hydrogen-bond acceptors (Lipinski definition) is 2. The van der Waals surface area contributed by atoms with Crippen LogP contribution in [0.15, 0.2) is 48.1 Å². The van der Waals surface area contributed by atoms with Gasteiger partial charge in [-0.25, -0.2) is 0 Å². The van der Waals surface area contributed by atoms with E-state index in [1.807, 2.05) is 42.5 Å². The molecule has 0 radical (unpaired) electrons. The Bertz CT molecular complexity index is 519. The SMILES string of the molecule is N#C/C(=C/C=C\c1ccccc1)C(=O)NC1CC1. The number of nitrogens with one attached hydrogen (secondary N) is 1. The molecule has 1 aromatic carbocycles. The first kappa shape index (κ1) is 12.1. The molecular weight excluding hydrogens is 224 g/mol. The summed E-state index contributed by atoms with van der Waals surface area (Å²) in [5, 5.41) is 11.7. The maximum atomic E-state index is 11.6. The minimum Gasteiger partial charge on any atom is -0.349 e. The predicted octanol–water partition coefficient (Wildman–Crippen LogP) is 2.43. The number of amides is 1. The zero-order valence-electron chi connectivity index (χ0n) is 9.97. The maximum Gasteiger partial charge on any atom is 0.262 e. The van der Waals surface area contributed by atoms with Gasteiger partial charge in [-0.3, -0.25) is 4.79 Å². The molecule has 3 nitrogen and oxygen atoms in total. The molecule has 0 spiro atoms. The highest BCUT2D eigenvalue weighted by atomic mass is 16.1. The lowest BCUT2D eigenvalue weighted by Gasteiger charge is -1.99. The molecule has 1 aliphatic carbocycles. The molecule has 1 fully saturated rings. The van der Waals surface area contributed by atoms with Crippen molar-refractivity contribution in [3.05, 3.63) is 53.6 Å². The Morgan fingerprint density at radius 2 is 2.06 bits per heavy atom. The van der Waals surface area contributed by atoms with E-state index in [0.717, 1.165) is 18.4 Å². The van der Waals surface area contributed by atoms with Crippen LogP contribution in [0.5, 0.6) is 0 Å². The van der Waals surface area contributed by atoms with Gasteiger partial charge in [0.05, 0.1) is 0 Å². The highest BCUT2D eigenvalue weighted by Gasteiger charge is 2.24. The second-order valence-corrected chi connectivity index (χ2v) is 4.21. The lowest BCUT2D eigenvalue weighted by atomic mass is 10.2. The third kappa shape index (κ3) is 3.60. The molecule has 1 saturated carbocycles. The number of hydrogen-bond donors (Lipinski definition) is 1. The fourth-order valence-electron chi connectivity index (χ4n) is 1.47. The van der Waals surface area contributed by atoms with Gasteiger partial charge in [0.1, 0.15) is 11.6 Å². The van der Waals surface area contributed by atoms with Crippen molar-refractivity contribution in [2.24, 2.45) is 0 Å². The molecule has 3 heteroatoms. The molecule has 2 rings (SSSR count). The second kappa shape index (κ2) is 5.83. The van der Waals surface area contributed by atoms with Gasteiger partial charge in [0.2, 0.25) is 0 Å². The van der Waals surface area contributed by atoms with E-state index in [9.17, 15) is 4.79 Å². The molecule has 0 heterocycles. The van der Waals surface area contributed by atoms with Crippen LogP contribution in [0.2, 0.25) is 0 Å². The third-order valence-electron chi connectivity index (χ3n) is 2.63. The van der Waals surface area contributed by atoms with Gasteiger partial charge in [0.15, 0.2) is 0 Å². The molecule has 1 amide bonds. The molecule has 1 aromatic rings. The Balaban J connectivity index is 1.99. The van der Waals surface area contributed by atoms with Crippen LogP contribution in [0, 0.1) is 11.3 Å². The summed E-state index contributed by atoms with van der Waals surface area (Å²) in [7, 11) is 0. The van der Waals surface area contributed by atoms with Crippen LogP contribution in [0.25, 0.3) is 6.08 Å². The van der Waals surface area contributed by atoms with Gasteiger partial charge in [-0.1, -0.05) is 42.5 Å². The van der Waals surface area contributed by atoms with Gasteiger partial charge in [0, 0.05) is 6.04 Å². The first-order valence-corrected chi connectivity index (χ1v) is 5.94. The minimum atomic E-state index is -0.280. The highest BCUT2D eigenvalue weighted by molar-refractivity contribution is 5.98. The van der Waals surface area contributed by atoms with Gasteiger partial charge in [-0.05, 0) is 24.5 Å². The Labute approximate surface area is 106 Å². The summed E-state index contributed by atoms with van der Waals surface area (Å²) in [4.78, 5) is 11.6. The van der Waals surface area contributed by atoms with Gasteiger partial charge in [-0.15, -0.1) is 0 Å². The van der Waals surface area contributed by atoms with Crippen LogP contribution in [-0.2, 0) is 4.79 Å². The predicted molar refractivity (Wildman–Crippen MR) is 70.3 cm³/mol. The van der Waals surface area contributed by atoms with Gasteiger partial charge in [0.25, 0.3) is 5.91 Å². The van der Waals surface area contributed by atoms with Gasteiger partial charge < -0.3 is 5.32 Å². The zero-order chi connectivity index (χ0) is 12.8. The normalized spacial score (nSPS) is 15.4. The molecule has 1 N–H and O–H groups in total. The van der Waals surface area contributed by atoms with Crippen LogP contribution >= 0.6 is 0 Å². The molecule has 0 aliphatic heterocycles. The van der Waals surface area contributed by atoms with E-state index >= 15 is 0 Å². The smallest absolute Gasteiger partial charge is 0.262 e. The van der Waals surface area contributed by atoms with Crippen LogP contribution in [0.4, 0.5) is 0 Å². The lowest BCUT2D eigenvalue weighted by Crippen LogP contribution is -2.26. The lowest BCUT2D eigenvalue weighted by molar-refractivity contribution is -0.117. The minimum absolute atomic E-state index is 0.147. The number of carbonyl (C=O) groups is 1. The van der Waals surface area contributed by atoms with E-state index in [1.165, 1.54) is 0 Å². The first-order valence-electron chi connectivity index (χ1n) is 5.94. The van der Waals surface area contributed by atoms with Crippen molar-refractivity contribution in [3.8, 4) is 6.07 Å². The Hall–Kier alpha value is -2.34. The summed E-state index contributed by atoms with van der Waals surface area (Å²) >= 11 is 0.